The molecule has 0 unspecified atom stereocenters. The van der Waals surface area contributed by atoms with Gasteiger partial charge in [-0.1, -0.05) is 12.1 Å². The van der Waals surface area contributed by atoms with E-state index in [2.05, 4.69) is 10.6 Å². The molecule has 1 aliphatic rings. The molecule has 1 atom stereocenters. The third-order valence-electron chi connectivity index (χ3n) is 4.35. The molecule has 0 aliphatic carbocycles. The van der Waals surface area contributed by atoms with Crippen molar-refractivity contribution in [1.29, 1.82) is 0 Å². The van der Waals surface area contributed by atoms with Gasteiger partial charge in [0.15, 0.2) is 0 Å². The fraction of sp³-hybridized carbons (Fsp3) is 0.556. The monoisotopic (exact) mass is 333 g/mol. The van der Waals surface area contributed by atoms with Crippen molar-refractivity contribution in [2.24, 2.45) is 0 Å². The van der Waals surface area contributed by atoms with E-state index < -0.39 is 0 Å². The molecule has 1 aromatic rings. The predicted molar refractivity (Wildman–Crippen MR) is 93.3 cm³/mol. The number of methoxy groups -OCH3 is 1. The topological polar surface area (TPSA) is 70.7 Å². The number of nitrogens with zero attached hydrogens (tertiary/aromatic N) is 1. The Hall–Kier alpha value is -2.08. The van der Waals surface area contributed by atoms with Gasteiger partial charge in [-0.05, 0) is 37.0 Å². The SMILES string of the molecule is CNC(=O)N1CCC[C@H](c2cccc(C(=O)NCCCOC)c2)C1. The summed E-state index contributed by atoms with van der Waals surface area (Å²) in [5.41, 5.74) is 1.79. The summed E-state index contributed by atoms with van der Waals surface area (Å²) in [7, 11) is 3.30. The standard InChI is InChI=1S/C18H27N3O3/c1-19-18(23)21-10-4-8-16(13-21)14-6-3-7-15(12-14)17(22)20-9-5-11-24-2/h3,6-7,12,16H,4-5,8-11,13H2,1-2H3,(H,19,23)(H,20,22)/t16-/m0/s1. The molecular weight excluding hydrogens is 306 g/mol. The molecule has 24 heavy (non-hydrogen) atoms. The number of rotatable bonds is 6. The van der Waals surface area contributed by atoms with Crippen LogP contribution >= 0.6 is 0 Å². The van der Waals surface area contributed by atoms with Gasteiger partial charge in [-0.25, -0.2) is 4.79 Å². The first kappa shape index (κ1) is 18.3. The van der Waals surface area contributed by atoms with E-state index in [-0.39, 0.29) is 17.9 Å². The highest BCUT2D eigenvalue weighted by Gasteiger charge is 2.24. The van der Waals surface area contributed by atoms with Crippen LogP contribution in [0.15, 0.2) is 24.3 Å². The molecule has 0 spiro atoms. The molecule has 1 heterocycles. The van der Waals surface area contributed by atoms with Crippen LogP contribution in [-0.2, 0) is 4.74 Å². The van der Waals surface area contributed by atoms with Crippen LogP contribution in [0.1, 0.15) is 41.1 Å². The lowest BCUT2D eigenvalue weighted by Gasteiger charge is -2.32. The zero-order valence-electron chi connectivity index (χ0n) is 14.5. The highest BCUT2D eigenvalue weighted by molar-refractivity contribution is 5.94. The molecular formula is C18H27N3O3. The van der Waals surface area contributed by atoms with Crippen LogP contribution in [-0.4, -0.2) is 57.2 Å². The van der Waals surface area contributed by atoms with Gasteiger partial charge in [0.1, 0.15) is 0 Å². The minimum absolute atomic E-state index is 0.0354. The third kappa shape index (κ3) is 4.96. The quantitative estimate of drug-likeness (QED) is 0.782. The molecule has 0 aromatic heterocycles. The molecule has 3 amide bonds. The van der Waals surface area contributed by atoms with Gasteiger partial charge in [0, 0.05) is 51.9 Å². The molecule has 6 nitrogen and oxygen atoms in total. The van der Waals surface area contributed by atoms with E-state index in [0.717, 1.165) is 31.4 Å². The van der Waals surface area contributed by atoms with Crippen molar-refractivity contribution in [1.82, 2.24) is 15.5 Å². The lowest BCUT2D eigenvalue weighted by Crippen LogP contribution is -2.43. The minimum atomic E-state index is -0.0630. The number of ether oxygens (including phenoxy) is 1. The number of carbonyl (C=O) groups is 2. The second kappa shape index (κ2) is 9.27. The molecule has 1 fully saturated rings. The van der Waals surface area contributed by atoms with Crippen molar-refractivity contribution in [3.8, 4) is 0 Å². The van der Waals surface area contributed by atoms with E-state index in [1.54, 1.807) is 14.2 Å². The van der Waals surface area contributed by atoms with E-state index in [0.29, 0.717) is 25.3 Å². The van der Waals surface area contributed by atoms with Crippen LogP contribution < -0.4 is 10.6 Å². The maximum atomic E-state index is 12.2. The molecule has 2 rings (SSSR count). The average Bonchev–Trinajstić information content (AvgIpc) is 2.64. The van der Waals surface area contributed by atoms with Gasteiger partial charge < -0.3 is 20.3 Å². The van der Waals surface area contributed by atoms with E-state index in [1.807, 2.05) is 29.2 Å². The van der Waals surface area contributed by atoms with Crippen molar-refractivity contribution in [2.75, 3.05) is 40.4 Å². The van der Waals surface area contributed by atoms with E-state index >= 15 is 0 Å². The maximum Gasteiger partial charge on any atom is 0.317 e. The number of benzene rings is 1. The molecule has 132 valence electrons. The Morgan fingerprint density at radius 1 is 1.38 bits per heavy atom. The number of hydrogen-bond donors (Lipinski definition) is 2. The summed E-state index contributed by atoms with van der Waals surface area (Å²) >= 11 is 0. The van der Waals surface area contributed by atoms with Gasteiger partial charge in [-0.2, -0.15) is 0 Å². The van der Waals surface area contributed by atoms with Gasteiger partial charge in [-0.3, -0.25) is 4.79 Å². The Morgan fingerprint density at radius 2 is 2.21 bits per heavy atom. The Morgan fingerprint density at radius 3 is 2.96 bits per heavy atom. The van der Waals surface area contributed by atoms with E-state index in [4.69, 9.17) is 4.74 Å². The van der Waals surface area contributed by atoms with Crippen LogP contribution in [0.4, 0.5) is 4.79 Å². The second-order valence-corrected chi connectivity index (χ2v) is 6.07. The summed E-state index contributed by atoms with van der Waals surface area (Å²) in [4.78, 5) is 25.9. The molecule has 0 radical (unpaired) electrons. The molecule has 6 heteroatoms. The Kier molecular flexibility index (Phi) is 7.06. The van der Waals surface area contributed by atoms with Crippen molar-refractivity contribution in [3.05, 3.63) is 35.4 Å². The number of amides is 3. The summed E-state index contributed by atoms with van der Waals surface area (Å²) in [6.07, 6.45) is 2.81. The smallest absolute Gasteiger partial charge is 0.317 e. The fourth-order valence-electron chi connectivity index (χ4n) is 3.05. The zero-order chi connectivity index (χ0) is 17.4. The second-order valence-electron chi connectivity index (χ2n) is 6.07. The Bertz CT molecular complexity index is 562. The number of nitrogens with one attached hydrogen (secondary N) is 2. The highest BCUT2D eigenvalue weighted by atomic mass is 16.5. The van der Waals surface area contributed by atoms with Crippen LogP contribution in [0.3, 0.4) is 0 Å². The minimum Gasteiger partial charge on any atom is -0.385 e. The highest BCUT2D eigenvalue weighted by Crippen LogP contribution is 2.27. The number of piperidine rings is 1. The van der Waals surface area contributed by atoms with Gasteiger partial charge in [0.2, 0.25) is 0 Å². The lowest BCUT2D eigenvalue weighted by molar-refractivity contribution is 0.0948. The average molecular weight is 333 g/mol. The van der Waals surface area contributed by atoms with Crippen molar-refractivity contribution in [3.63, 3.8) is 0 Å². The molecule has 0 saturated carbocycles. The van der Waals surface area contributed by atoms with Crippen molar-refractivity contribution in [2.45, 2.75) is 25.2 Å². The first-order chi connectivity index (χ1) is 11.7. The molecule has 1 aliphatic heterocycles. The number of carbonyl (C=O) groups excluding carboxylic acids is 2. The first-order valence-electron chi connectivity index (χ1n) is 8.49. The van der Waals surface area contributed by atoms with Gasteiger partial charge in [-0.15, -0.1) is 0 Å². The number of likely N-dealkylation sites (tertiary alicyclic amines) is 1. The summed E-state index contributed by atoms with van der Waals surface area (Å²) in [6, 6.07) is 7.70. The maximum absolute atomic E-state index is 12.2. The third-order valence-corrected chi connectivity index (χ3v) is 4.35. The van der Waals surface area contributed by atoms with Gasteiger partial charge in [0.25, 0.3) is 5.91 Å². The van der Waals surface area contributed by atoms with Crippen molar-refractivity contribution >= 4 is 11.9 Å². The Labute approximate surface area is 143 Å². The summed E-state index contributed by atoms with van der Waals surface area (Å²) in [5, 5.41) is 5.59. The zero-order valence-corrected chi connectivity index (χ0v) is 14.5. The van der Waals surface area contributed by atoms with Crippen LogP contribution in [0, 0.1) is 0 Å². The van der Waals surface area contributed by atoms with Gasteiger partial charge in [0.05, 0.1) is 0 Å². The molecule has 1 aromatic carbocycles. The first-order valence-corrected chi connectivity index (χ1v) is 8.49. The summed E-state index contributed by atoms with van der Waals surface area (Å²) in [6.45, 7) is 2.72. The fourth-order valence-corrected chi connectivity index (χ4v) is 3.05. The summed E-state index contributed by atoms with van der Waals surface area (Å²) < 4.78 is 4.98. The molecule has 2 N–H and O–H groups in total. The lowest BCUT2D eigenvalue weighted by atomic mass is 9.89. The molecule has 1 saturated heterocycles. The van der Waals surface area contributed by atoms with Crippen molar-refractivity contribution < 1.29 is 14.3 Å². The van der Waals surface area contributed by atoms with Crippen LogP contribution in [0.2, 0.25) is 0 Å². The van der Waals surface area contributed by atoms with Crippen LogP contribution in [0.25, 0.3) is 0 Å². The largest absolute Gasteiger partial charge is 0.385 e. The van der Waals surface area contributed by atoms with Gasteiger partial charge >= 0.3 is 6.03 Å². The number of hydrogen-bond acceptors (Lipinski definition) is 3. The van der Waals surface area contributed by atoms with E-state index in [9.17, 15) is 9.59 Å². The van der Waals surface area contributed by atoms with Crippen LogP contribution in [0.5, 0.6) is 0 Å². The predicted octanol–water partition coefficient (Wildman–Crippen LogP) is 1.97. The summed E-state index contributed by atoms with van der Waals surface area (Å²) in [5.74, 6) is 0.212. The van der Waals surface area contributed by atoms with E-state index in [1.165, 1.54) is 0 Å². The Balaban J connectivity index is 1.98. The molecule has 0 bridgehead atoms. The number of urea groups is 1. The normalized spacial score (nSPS) is 17.4.